The molecule has 0 amide bonds. The van der Waals surface area contributed by atoms with E-state index in [-0.39, 0.29) is 5.41 Å². The number of hydrogen-bond donors (Lipinski definition) is 2. The lowest BCUT2D eigenvalue weighted by Gasteiger charge is -2.18. The van der Waals surface area contributed by atoms with Crippen molar-refractivity contribution in [1.82, 2.24) is 9.97 Å². The minimum Gasteiger partial charge on any atom is -0.341 e. The molecule has 3 N–H and O–H groups in total. The molecule has 3 nitrogen and oxygen atoms in total. The molecule has 0 aliphatic heterocycles. The molecule has 0 aliphatic rings. The van der Waals surface area contributed by atoms with Crippen molar-refractivity contribution in [2.75, 3.05) is 6.54 Å². The molecule has 0 bridgehead atoms. The standard InChI is InChI=1S/C13H19N3/c1-8-5-10-11(6-9(8)2)16-12(15-10)13(3,4)7-14/h5-6H,7,14H2,1-4H3,(H,15,16). The van der Waals surface area contributed by atoms with E-state index in [1.807, 2.05) is 0 Å². The predicted octanol–water partition coefficient (Wildman–Crippen LogP) is 2.42. The summed E-state index contributed by atoms with van der Waals surface area (Å²) in [7, 11) is 0. The fraction of sp³-hybridized carbons (Fsp3) is 0.462. The molecule has 1 heterocycles. The van der Waals surface area contributed by atoms with E-state index in [9.17, 15) is 0 Å². The van der Waals surface area contributed by atoms with E-state index in [1.165, 1.54) is 11.1 Å². The quantitative estimate of drug-likeness (QED) is 0.811. The van der Waals surface area contributed by atoms with E-state index in [1.54, 1.807) is 0 Å². The maximum absolute atomic E-state index is 5.76. The Morgan fingerprint density at radius 2 is 1.88 bits per heavy atom. The summed E-state index contributed by atoms with van der Waals surface area (Å²) in [6, 6.07) is 4.27. The molecule has 0 saturated heterocycles. The van der Waals surface area contributed by atoms with Crippen LogP contribution in [0.25, 0.3) is 11.0 Å². The summed E-state index contributed by atoms with van der Waals surface area (Å²) in [5.74, 6) is 0.968. The van der Waals surface area contributed by atoms with Gasteiger partial charge in [0, 0.05) is 12.0 Å². The van der Waals surface area contributed by atoms with Crippen LogP contribution in [0.2, 0.25) is 0 Å². The number of benzene rings is 1. The number of aromatic nitrogens is 2. The Hall–Kier alpha value is -1.35. The third-order valence-electron chi connectivity index (χ3n) is 3.25. The Bertz CT molecular complexity index is 484. The monoisotopic (exact) mass is 217 g/mol. The van der Waals surface area contributed by atoms with Crippen LogP contribution in [0.1, 0.15) is 30.8 Å². The van der Waals surface area contributed by atoms with Crippen molar-refractivity contribution in [2.24, 2.45) is 5.73 Å². The van der Waals surface area contributed by atoms with Gasteiger partial charge >= 0.3 is 0 Å². The highest BCUT2D eigenvalue weighted by atomic mass is 14.9. The smallest absolute Gasteiger partial charge is 0.114 e. The fourth-order valence-electron chi connectivity index (χ4n) is 1.69. The molecule has 0 unspecified atom stereocenters. The van der Waals surface area contributed by atoms with Gasteiger partial charge in [-0.2, -0.15) is 0 Å². The number of nitrogens with zero attached hydrogens (tertiary/aromatic N) is 1. The molecule has 0 radical (unpaired) electrons. The lowest BCUT2D eigenvalue weighted by atomic mass is 9.93. The van der Waals surface area contributed by atoms with Crippen molar-refractivity contribution in [3.63, 3.8) is 0 Å². The number of fused-ring (bicyclic) bond motifs is 1. The molecule has 0 aliphatic carbocycles. The average Bonchev–Trinajstić information content (AvgIpc) is 2.62. The summed E-state index contributed by atoms with van der Waals surface area (Å²) in [6.07, 6.45) is 0. The summed E-state index contributed by atoms with van der Waals surface area (Å²) in [5, 5.41) is 0. The predicted molar refractivity (Wildman–Crippen MR) is 67.6 cm³/mol. The van der Waals surface area contributed by atoms with Gasteiger partial charge < -0.3 is 10.7 Å². The third-order valence-corrected chi connectivity index (χ3v) is 3.25. The van der Waals surface area contributed by atoms with E-state index in [0.717, 1.165) is 16.9 Å². The fourth-order valence-corrected chi connectivity index (χ4v) is 1.69. The van der Waals surface area contributed by atoms with Crippen molar-refractivity contribution in [1.29, 1.82) is 0 Å². The molecule has 0 saturated carbocycles. The second-order valence-corrected chi connectivity index (χ2v) is 5.13. The summed E-state index contributed by atoms with van der Waals surface area (Å²) >= 11 is 0. The first-order valence-electron chi connectivity index (χ1n) is 5.61. The van der Waals surface area contributed by atoms with Gasteiger partial charge in [0.2, 0.25) is 0 Å². The second kappa shape index (κ2) is 3.59. The Morgan fingerprint density at radius 3 is 2.50 bits per heavy atom. The molecule has 16 heavy (non-hydrogen) atoms. The van der Waals surface area contributed by atoms with Gasteiger partial charge in [-0.05, 0) is 37.1 Å². The number of nitrogens with one attached hydrogen (secondary N) is 1. The van der Waals surface area contributed by atoms with Crippen molar-refractivity contribution in [3.8, 4) is 0 Å². The summed E-state index contributed by atoms with van der Waals surface area (Å²) in [5.41, 5.74) is 10.3. The zero-order valence-corrected chi connectivity index (χ0v) is 10.4. The van der Waals surface area contributed by atoms with Crippen LogP contribution in [-0.2, 0) is 5.41 Å². The highest BCUT2D eigenvalue weighted by Crippen LogP contribution is 2.23. The van der Waals surface area contributed by atoms with Gasteiger partial charge in [-0.15, -0.1) is 0 Å². The molecule has 86 valence electrons. The van der Waals surface area contributed by atoms with Crippen LogP contribution < -0.4 is 5.73 Å². The van der Waals surface area contributed by atoms with Crippen LogP contribution >= 0.6 is 0 Å². The molecule has 0 spiro atoms. The minimum atomic E-state index is -0.0964. The van der Waals surface area contributed by atoms with E-state index in [0.29, 0.717) is 6.54 Å². The number of nitrogens with two attached hydrogens (primary N) is 1. The molecule has 0 atom stereocenters. The highest BCUT2D eigenvalue weighted by Gasteiger charge is 2.22. The molecular weight excluding hydrogens is 198 g/mol. The topological polar surface area (TPSA) is 54.7 Å². The SMILES string of the molecule is Cc1cc2nc(C(C)(C)CN)[nH]c2cc1C. The summed E-state index contributed by atoms with van der Waals surface area (Å²) < 4.78 is 0. The van der Waals surface area contributed by atoms with Crippen molar-refractivity contribution < 1.29 is 0 Å². The Balaban J connectivity index is 2.61. The lowest BCUT2D eigenvalue weighted by Crippen LogP contribution is -2.29. The number of hydrogen-bond acceptors (Lipinski definition) is 2. The summed E-state index contributed by atoms with van der Waals surface area (Å²) in [4.78, 5) is 7.99. The van der Waals surface area contributed by atoms with E-state index < -0.39 is 0 Å². The molecule has 0 fully saturated rings. The maximum atomic E-state index is 5.76. The lowest BCUT2D eigenvalue weighted by molar-refractivity contribution is 0.509. The number of aryl methyl sites for hydroxylation is 2. The van der Waals surface area contributed by atoms with Crippen LogP contribution in [-0.4, -0.2) is 16.5 Å². The Morgan fingerprint density at radius 1 is 1.25 bits per heavy atom. The van der Waals surface area contributed by atoms with Crippen LogP contribution in [0.15, 0.2) is 12.1 Å². The highest BCUT2D eigenvalue weighted by molar-refractivity contribution is 5.77. The van der Waals surface area contributed by atoms with Crippen LogP contribution in [0, 0.1) is 13.8 Å². The van der Waals surface area contributed by atoms with E-state index in [2.05, 4.69) is 49.8 Å². The zero-order chi connectivity index (χ0) is 11.9. The van der Waals surface area contributed by atoms with Gasteiger partial charge in [0.15, 0.2) is 0 Å². The van der Waals surface area contributed by atoms with E-state index >= 15 is 0 Å². The zero-order valence-electron chi connectivity index (χ0n) is 10.4. The molecule has 1 aromatic carbocycles. The van der Waals surface area contributed by atoms with E-state index in [4.69, 9.17) is 5.73 Å². The second-order valence-electron chi connectivity index (χ2n) is 5.13. The summed E-state index contributed by atoms with van der Waals surface area (Å²) in [6.45, 7) is 9.01. The number of aromatic amines is 1. The molecule has 3 heteroatoms. The third kappa shape index (κ3) is 1.71. The number of imidazole rings is 1. The van der Waals surface area contributed by atoms with Gasteiger partial charge in [0.25, 0.3) is 0 Å². The van der Waals surface area contributed by atoms with Gasteiger partial charge in [-0.25, -0.2) is 4.98 Å². The van der Waals surface area contributed by atoms with Gasteiger partial charge in [0.1, 0.15) is 5.82 Å². The normalized spacial score (nSPS) is 12.3. The first kappa shape index (κ1) is 11.1. The Labute approximate surface area is 96.1 Å². The first-order valence-corrected chi connectivity index (χ1v) is 5.61. The molecular formula is C13H19N3. The average molecular weight is 217 g/mol. The molecule has 1 aromatic heterocycles. The van der Waals surface area contributed by atoms with Crippen LogP contribution in [0.5, 0.6) is 0 Å². The first-order chi connectivity index (χ1) is 7.44. The minimum absolute atomic E-state index is 0.0964. The van der Waals surface area contributed by atoms with Gasteiger partial charge in [-0.1, -0.05) is 13.8 Å². The van der Waals surface area contributed by atoms with Crippen LogP contribution in [0.3, 0.4) is 0 Å². The van der Waals surface area contributed by atoms with Crippen molar-refractivity contribution in [2.45, 2.75) is 33.1 Å². The number of rotatable bonds is 2. The van der Waals surface area contributed by atoms with Crippen LogP contribution in [0.4, 0.5) is 0 Å². The van der Waals surface area contributed by atoms with Gasteiger partial charge in [0.05, 0.1) is 11.0 Å². The largest absolute Gasteiger partial charge is 0.341 e. The molecule has 2 aromatic rings. The van der Waals surface area contributed by atoms with Crippen molar-refractivity contribution >= 4 is 11.0 Å². The number of H-pyrrole nitrogens is 1. The van der Waals surface area contributed by atoms with Crippen molar-refractivity contribution in [3.05, 3.63) is 29.1 Å². The molecule has 2 rings (SSSR count). The van der Waals surface area contributed by atoms with Gasteiger partial charge in [-0.3, -0.25) is 0 Å². The maximum Gasteiger partial charge on any atom is 0.114 e. The Kier molecular flexibility index (Phi) is 2.50.